The molecule has 0 aliphatic carbocycles. The molecule has 1 atom stereocenters. The van der Waals surface area contributed by atoms with E-state index >= 15 is 0 Å². The lowest BCUT2D eigenvalue weighted by atomic mass is 10.1. The minimum atomic E-state index is -0.660. The van der Waals surface area contributed by atoms with Gasteiger partial charge in [-0.15, -0.1) is 24.0 Å². The van der Waals surface area contributed by atoms with Crippen molar-refractivity contribution in [1.82, 2.24) is 0 Å². The molecular weight excluding hydrogens is 493 g/mol. The first-order chi connectivity index (χ1) is 13.0. The second-order valence-electron chi connectivity index (χ2n) is 6.26. The normalized spacial score (nSPS) is 13.6. The number of anilines is 1. The van der Waals surface area contributed by atoms with Crippen LogP contribution in [0.25, 0.3) is 6.08 Å². The van der Waals surface area contributed by atoms with Gasteiger partial charge in [0.05, 0.1) is 13.2 Å². The first-order valence-corrected chi connectivity index (χ1v) is 9.16. The van der Waals surface area contributed by atoms with Gasteiger partial charge in [-0.1, -0.05) is 11.6 Å². The van der Waals surface area contributed by atoms with Gasteiger partial charge in [0.1, 0.15) is 17.3 Å². The molecule has 0 spiro atoms. The van der Waals surface area contributed by atoms with Crippen molar-refractivity contribution < 1.29 is 19.0 Å². The Morgan fingerprint density at radius 3 is 2.54 bits per heavy atom. The summed E-state index contributed by atoms with van der Waals surface area (Å²) in [4.78, 5) is 13.7. The number of likely N-dealkylation sites (N-methyl/N-ethyl adjacent to an activating group) is 1. The third-order valence-electron chi connectivity index (χ3n) is 4.11. The van der Waals surface area contributed by atoms with E-state index in [1.54, 1.807) is 26.0 Å². The molecule has 0 N–H and O–H groups in total. The second kappa shape index (κ2) is 10.0. The molecule has 7 heteroatoms. The maximum atomic E-state index is 11.6. The molecule has 2 aromatic carbocycles. The van der Waals surface area contributed by atoms with Gasteiger partial charge in [0.15, 0.2) is 6.10 Å². The fourth-order valence-corrected chi connectivity index (χ4v) is 3.02. The van der Waals surface area contributed by atoms with Crippen LogP contribution in [-0.4, -0.2) is 32.3 Å². The van der Waals surface area contributed by atoms with Crippen LogP contribution in [-0.2, 0) is 9.53 Å². The van der Waals surface area contributed by atoms with Crippen molar-refractivity contribution in [2.24, 2.45) is 0 Å². The highest BCUT2D eigenvalue weighted by molar-refractivity contribution is 14.0. The zero-order chi connectivity index (χ0) is 19.4. The van der Waals surface area contributed by atoms with Gasteiger partial charge in [-0.05, 0) is 62.4 Å². The average Bonchev–Trinajstić information content (AvgIpc) is 2.63. The maximum Gasteiger partial charge on any atom is 0.347 e. The fourth-order valence-electron chi connectivity index (χ4n) is 2.84. The van der Waals surface area contributed by atoms with E-state index in [0.717, 1.165) is 17.0 Å². The zero-order valence-corrected chi connectivity index (χ0v) is 19.1. The highest BCUT2D eigenvalue weighted by Gasteiger charge is 2.18. The molecule has 1 aliphatic rings. The van der Waals surface area contributed by atoms with Gasteiger partial charge in [0, 0.05) is 23.3 Å². The Kier molecular flexibility index (Phi) is 8.00. The molecule has 0 bridgehead atoms. The number of halogens is 2. The monoisotopic (exact) mass is 515 g/mol. The summed E-state index contributed by atoms with van der Waals surface area (Å²) in [5.41, 5.74) is 2.14. The lowest BCUT2D eigenvalue weighted by Crippen LogP contribution is -2.26. The maximum absolute atomic E-state index is 11.6. The number of esters is 1. The Labute approximate surface area is 187 Å². The van der Waals surface area contributed by atoms with Crippen molar-refractivity contribution in [3.05, 3.63) is 58.8 Å². The van der Waals surface area contributed by atoms with Crippen LogP contribution in [0.5, 0.6) is 11.5 Å². The largest absolute Gasteiger partial charge is 0.479 e. The van der Waals surface area contributed by atoms with Crippen molar-refractivity contribution >= 4 is 53.3 Å². The van der Waals surface area contributed by atoms with E-state index in [0.29, 0.717) is 29.7 Å². The van der Waals surface area contributed by atoms with Crippen LogP contribution < -0.4 is 14.4 Å². The molecule has 1 heterocycles. The summed E-state index contributed by atoms with van der Waals surface area (Å²) < 4.78 is 16.5. The van der Waals surface area contributed by atoms with E-state index in [9.17, 15) is 4.79 Å². The van der Waals surface area contributed by atoms with Gasteiger partial charge in [0.2, 0.25) is 0 Å². The summed E-state index contributed by atoms with van der Waals surface area (Å²) in [6.07, 6.45) is 1.33. The fraction of sp³-hybridized carbons (Fsp3) is 0.286. The third-order valence-corrected chi connectivity index (χ3v) is 4.35. The molecule has 0 radical (unpaired) electrons. The molecule has 0 saturated carbocycles. The minimum absolute atomic E-state index is 0. The Morgan fingerprint density at radius 2 is 1.86 bits per heavy atom. The van der Waals surface area contributed by atoms with Crippen molar-refractivity contribution in [3.8, 4) is 11.5 Å². The summed E-state index contributed by atoms with van der Waals surface area (Å²) in [5, 5.41) is 0.692. The molecule has 2 aromatic rings. The number of nitrogens with zero attached hydrogens (tertiary/aromatic N) is 1. The van der Waals surface area contributed by atoms with Crippen LogP contribution in [0.1, 0.15) is 19.4 Å². The van der Waals surface area contributed by atoms with Gasteiger partial charge in [0.25, 0.3) is 0 Å². The zero-order valence-electron chi connectivity index (χ0n) is 16.0. The summed E-state index contributed by atoms with van der Waals surface area (Å²) in [6, 6.07) is 13.0. The van der Waals surface area contributed by atoms with Crippen molar-refractivity contribution in [2.75, 3.05) is 25.1 Å². The summed E-state index contributed by atoms with van der Waals surface area (Å²) in [7, 11) is 2.01. The Balaban J connectivity index is 0.00000280. The molecule has 0 saturated heterocycles. The van der Waals surface area contributed by atoms with Gasteiger partial charge < -0.3 is 19.1 Å². The molecule has 28 heavy (non-hydrogen) atoms. The number of carbonyl (C=O) groups is 1. The first-order valence-electron chi connectivity index (χ1n) is 8.78. The van der Waals surface area contributed by atoms with Gasteiger partial charge in [-0.2, -0.15) is 0 Å². The Bertz CT molecular complexity index is 854. The topological polar surface area (TPSA) is 48.0 Å². The summed E-state index contributed by atoms with van der Waals surface area (Å²) in [6.45, 7) is 4.41. The molecule has 5 nitrogen and oxygen atoms in total. The van der Waals surface area contributed by atoms with Gasteiger partial charge in [-0.25, -0.2) is 4.79 Å². The quantitative estimate of drug-likeness (QED) is 0.393. The lowest BCUT2D eigenvalue weighted by molar-refractivity contribution is -0.150. The highest BCUT2D eigenvalue weighted by Crippen LogP contribution is 2.31. The van der Waals surface area contributed by atoms with Crippen LogP contribution in [0.4, 0.5) is 5.69 Å². The van der Waals surface area contributed by atoms with E-state index in [2.05, 4.69) is 4.90 Å². The number of fused-ring (bicyclic) bond motifs is 1. The smallest absolute Gasteiger partial charge is 0.347 e. The van der Waals surface area contributed by atoms with Gasteiger partial charge >= 0.3 is 5.97 Å². The van der Waals surface area contributed by atoms with Crippen LogP contribution in [0, 0.1) is 0 Å². The van der Waals surface area contributed by atoms with E-state index in [4.69, 9.17) is 25.8 Å². The minimum Gasteiger partial charge on any atom is -0.479 e. The SMILES string of the molecule is CCOC(=O)C(C)Oc1ccc(OC2=Cc3cc(Cl)ccc3N(C)C2)cc1.I. The lowest BCUT2D eigenvalue weighted by Gasteiger charge is -2.27. The second-order valence-corrected chi connectivity index (χ2v) is 6.69. The van der Waals surface area contributed by atoms with E-state index in [1.165, 1.54) is 0 Å². The van der Waals surface area contributed by atoms with Crippen molar-refractivity contribution in [1.29, 1.82) is 0 Å². The van der Waals surface area contributed by atoms with Crippen LogP contribution in [0.2, 0.25) is 5.02 Å². The number of benzene rings is 2. The highest BCUT2D eigenvalue weighted by atomic mass is 127. The number of carbonyl (C=O) groups excluding carboxylic acids is 1. The predicted molar refractivity (Wildman–Crippen MR) is 122 cm³/mol. The van der Waals surface area contributed by atoms with Crippen molar-refractivity contribution in [3.63, 3.8) is 0 Å². The molecule has 0 fully saturated rings. The van der Waals surface area contributed by atoms with Crippen LogP contribution in [0.15, 0.2) is 48.2 Å². The Hall–Kier alpha value is -1.93. The first kappa shape index (κ1) is 22.4. The molecule has 150 valence electrons. The summed E-state index contributed by atoms with van der Waals surface area (Å²) >= 11 is 6.10. The predicted octanol–water partition coefficient (Wildman–Crippen LogP) is 5.16. The summed E-state index contributed by atoms with van der Waals surface area (Å²) in [5.74, 6) is 1.71. The molecule has 0 amide bonds. The van der Waals surface area contributed by atoms with E-state index in [-0.39, 0.29) is 29.9 Å². The molecule has 0 aromatic heterocycles. The van der Waals surface area contributed by atoms with E-state index < -0.39 is 6.10 Å². The number of hydrogen-bond acceptors (Lipinski definition) is 5. The molecule has 3 rings (SSSR count). The van der Waals surface area contributed by atoms with Crippen LogP contribution >= 0.6 is 35.6 Å². The average molecular weight is 516 g/mol. The van der Waals surface area contributed by atoms with Crippen LogP contribution in [0.3, 0.4) is 0 Å². The molecular formula is C21H23ClINO4. The number of hydrogen-bond donors (Lipinski definition) is 0. The number of rotatable bonds is 6. The molecule has 1 aliphatic heterocycles. The van der Waals surface area contributed by atoms with Crippen molar-refractivity contribution in [2.45, 2.75) is 20.0 Å². The standard InChI is InChI=1S/C21H22ClNO4.HI/c1-4-25-21(24)14(2)26-17-6-8-18(9-7-17)27-19-12-15-11-16(22)5-10-20(15)23(3)13-19;/h5-12,14H,4,13H2,1-3H3;1H. The third kappa shape index (κ3) is 5.54. The molecule has 1 unspecified atom stereocenters. The van der Waals surface area contributed by atoms with E-state index in [1.807, 2.05) is 43.5 Å². The van der Waals surface area contributed by atoms with Gasteiger partial charge in [-0.3, -0.25) is 0 Å². The Morgan fingerprint density at radius 1 is 1.18 bits per heavy atom. The number of ether oxygens (including phenoxy) is 3.